The van der Waals surface area contributed by atoms with Crippen LogP contribution in [0.1, 0.15) is 21.9 Å². The Morgan fingerprint density at radius 2 is 1.71 bits per heavy atom. The minimum Gasteiger partial charge on any atom is -0.497 e. The van der Waals surface area contributed by atoms with Gasteiger partial charge in [-0.05, 0) is 48.9 Å². The monoisotopic (exact) mass is 392 g/mol. The smallest absolute Gasteiger partial charge is 0.189 e. The summed E-state index contributed by atoms with van der Waals surface area (Å²) in [5, 5.41) is -0.0712. The summed E-state index contributed by atoms with van der Waals surface area (Å²) in [7, 11) is -2.11. The van der Waals surface area contributed by atoms with Crippen LogP contribution < -0.4 is 4.74 Å². The average molecular weight is 392 g/mol. The van der Waals surface area contributed by atoms with Crippen molar-refractivity contribution in [2.24, 2.45) is 0 Å². The van der Waals surface area contributed by atoms with Crippen LogP contribution in [0.5, 0.6) is 5.75 Å². The van der Waals surface area contributed by atoms with Crippen molar-refractivity contribution in [3.05, 3.63) is 89.7 Å². The number of hydrogen-bond acceptors (Lipinski definition) is 4. The van der Waals surface area contributed by atoms with Crippen molar-refractivity contribution in [2.75, 3.05) is 7.11 Å². The van der Waals surface area contributed by atoms with E-state index in [0.29, 0.717) is 22.5 Å². The maximum atomic E-state index is 13.7. The number of aryl methyl sites for hydroxylation is 1. The predicted octanol–water partition coefficient (Wildman–Crippen LogP) is 4.44. The fourth-order valence-electron chi connectivity index (χ4n) is 3.36. The van der Waals surface area contributed by atoms with E-state index in [-0.39, 0.29) is 4.90 Å². The first-order valence-electron chi connectivity index (χ1n) is 8.87. The minimum absolute atomic E-state index is 0.289. The number of nitrogens with zero attached hydrogens (tertiary/aromatic N) is 1. The highest BCUT2D eigenvalue weighted by molar-refractivity contribution is 7.92. The van der Waals surface area contributed by atoms with E-state index in [1.165, 1.54) is 0 Å². The van der Waals surface area contributed by atoms with Crippen molar-refractivity contribution in [3.63, 3.8) is 0 Å². The molecule has 4 aromatic rings. The Hall–Kier alpha value is -3.12. The molecule has 0 radical (unpaired) electrons. The third-order valence-corrected chi connectivity index (χ3v) is 6.92. The largest absolute Gasteiger partial charge is 0.497 e. The number of benzene rings is 2. The van der Waals surface area contributed by atoms with E-state index in [9.17, 15) is 8.42 Å². The van der Waals surface area contributed by atoms with Gasteiger partial charge in [-0.15, -0.1) is 0 Å². The fourth-order valence-corrected chi connectivity index (χ4v) is 5.20. The maximum absolute atomic E-state index is 13.7. The summed E-state index contributed by atoms with van der Waals surface area (Å²) in [6, 6.07) is 17.8. The molecule has 6 heteroatoms. The van der Waals surface area contributed by atoms with Crippen LogP contribution in [0.3, 0.4) is 0 Å². The molecule has 142 valence electrons. The molecular formula is C22H20N2O3S. The van der Waals surface area contributed by atoms with Crippen molar-refractivity contribution in [1.29, 1.82) is 0 Å². The van der Waals surface area contributed by atoms with E-state index >= 15 is 0 Å². The first kappa shape index (κ1) is 18.3. The molecule has 1 N–H and O–H groups in total. The Bertz CT molecular complexity index is 1210. The van der Waals surface area contributed by atoms with Gasteiger partial charge in [0.1, 0.15) is 16.6 Å². The zero-order chi connectivity index (χ0) is 19.7. The number of pyridine rings is 1. The number of fused-ring (bicyclic) bond motifs is 1. The summed E-state index contributed by atoms with van der Waals surface area (Å²) in [6.07, 6.45) is 3.41. The standard InChI is InChI=1S/C22H20N2O3S/c1-15-5-11-18(12-6-15)28(25,26)21(16-7-9-17(27-2)10-8-16)20-14-24-22-19(20)4-3-13-23-22/h3-14,21H,1-2H3,(H,23,24). The van der Waals surface area contributed by atoms with Crippen LogP contribution in [-0.4, -0.2) is 25.5 Å². The molecule has 2 aromatic heterocycles. The van der Waals surface area contributed by atoms with Gasteiger partial charge < -0.3 is 9.72 Å². The highest BCUT2D eigenvalue weighted by Gasteiger charge is 2.32. The van der Waals surface area contributed by atoms with Crippen molar-refractivity contribution in [1.82, 2.24) is 9.97 Å². The molecule has 0 saturated carbocycles. The van der Waals surface area contributed by atoms with Gasteiger partial charge in [-0.2, -0.15) is 0 Å². The topological polar surface area (TPSA) is 72.0 Å². The molecule has 2 aromatic carbocycles. The molecule has 2 heterocycles. The van der Waals surface area contributed by atoms with Gasteiger partial charge >= 0.3 is 0 Å². The van der Waals surface area contributed by atoms with Gasteiger partial charge in [0.2, 0.25) is 0 Å². The summed E-state index contributed by atoms with van der Waals surface area (Å²) in [5.74, 6) is 0.677. The van der Waals surface area contributed by atoms with Crippen molar-refractivity contribution < 1.29 is 13.2 Å². The van der Waals surface area contributed by atoms with Crippen molar-refractivity contribution in [3.8, 4) is 5.75 Å². The lowest BCUT2D eigenvalue weighted by Gasteiger charge is -2.19. The van der Waals surface area contributed by atoms with Gasteiger partial charge in [0, 0.05) is 23.3 Å². The molecule has 1 unspecified atom stereocenters. The zero-order valence-corrected chi connectivity index (χ0v) is 16.4. The highest BCUT2D eigenvalue weighted by atomic mass is 32.2. The summed E-state index contributed by atoms with van der Waals surface area (Å²) in [4.78, 5) is 7.68. The average Bonchev–Trinajstić information content (AvgIpc) is 3.13. The molecule has 0 fully saturated rings. The molecule has 28 heavy (non-hydrogen) atoms. The molecular weight excluding hydrogens is 372 g/mol. The van der Waals surface area contributed by atoms with Crippen LogP contribution >= 0.6 is 0 Å². The Morgan fingerprint density at radius 1 is 1.00 bits per heavy atom. The molecule has 1 atom stereocenters. The third-order valence-electron chi connectivity index (χ3n) is 4.84. The van der Waals surface area contributed by atoms with E-state index in [0.717, 1.165) is 10.9 Å². The van der Waals surface area contributed by atoms with Crippen LogP contribution in [0, 0.1) is 6.92 Å². The predicted molar refractivity (Wildman–Crippen MR) is 109 cm³/mol. The number of ether oxygens (including phenoxy) is 1. The van der Waals surface area contributed by atoms with Gasteiger partial charge in [-0.1, -0.05) is 29.8 Å². The molecule has 0 aliphatic heterocycles. The van der Waals surface area contributed by atoms with Gasteiger partial charge in [-0.25, -0.2) is 13.4 Å². The number of nitrogens with one attached hydrogen (secondary N) is 1. The van der Waals surface area contributed by atoms with Gasteiger partial charge in [0.15, 0.2) is 9.84 Å². The molecule has 0 bridgehead atoms. The number of methoxy groups -OCH3 is 1. The lowest BCUT2D eigenvalue weighted by atomic mass is 10.0. The lowest BCUT2D eigenvalue weighted by molar-refractivity contribution is 0.414. The normalized spacial score (nSPS) is 12.8. The third kappa shape index (κ3) is 3.16. The molecule has 0 spiro atoms. The quantitative estimate of drug-likeness (QED) is 0.545. The molecule has 0 aliphatic carbocycles. The number of sulfone groups is 1. The van der Waals surface area contributed by atoms with Crippen molar-refractivity contribution in [2.45, 2.75) is 17.1 Å². The SMILES string of the molecule is COc1ccc(C(c2c[nH]c3ncccc23)S(=O)(=O)c2ccc(C)cc2)cc1. The molecule has 0 aliphatic rings. The Morgan fingerprint density at radius 3 is 2.39 bits per heavy atom. The number of aromatic nitrogens is 2. The van der Waals surface area contributed by atoms with Crippen molar-refractivity contribution >= 4 is 20.9 Å². The van der Waals surface area contributed by atoms with Crippen LogP contribution in [0.4, 0.5) is 0 Å². The molecule has 0 saturated heterocycles. The van der Waals surface area contributed by atoms with Gasteiger partial charge in [-0.3, -0.25) is 0 Å². The summed E-state index contributed by atoms with van der Waals surface area (Å²) >= 11 is 0. The summed E-state index contributed by atoms with van der Waals surface area (Å²) in [6.45, 7) is 1.93. The van der Waals surface area contributed by atoms with Crippen LogP contribution in [0.15, 0.2) is 78.0 Å². The second-order valence-corrected chi connectivity index (χ2v) is 8.69. The van der Waals surface area contributed by atoms with E-state index in [1.807, 2.05) is 31.2 Å². The number of hydrogen-bond donors (Lipinski definition) is 1. The Balaban J connectivity index is 1.94. The number of H-pyrrole nitrogens is 1. The minimum atomic E-state index is -3.69. The Kier molecular flexibility index (Phi) is 4.65. The van der Waals surface area contributed by atoms with Gasteiger partial charge in [0.25, 0.3) is 0 Å². The molecule has 4 rings (SSSR count). The second-order valence-electron chi connectivity index (χ2n) is 6.65. The van der Waals surface area contributed by atoms with Gasteiger partial charge in [0.05, 0.1) is 12.0 Å². The maximum Gasteiger partial charge on any atom is 0.189 e. The molecule has 0 amide bonds. The highest BCUT2D eigenvalue weighted by Crippen LogP contribution is 2.38. The van der Waals surface area contributed by atoms with E-state index in [1.54, 1.807) is 55.9 Å². The van der Waals surface area contributed by atoms with E-state index in [2.05, 4.69) is 9.97 Å². The first-order valence-corrected chi connectivity index (χ1v) is 10.4. The summed E-state index contributed by atoms with van der Waals surface area (Å²) in [5.41, 5.74) is 3.02. The molecule has 5 nitrogen and oxygen atoms in total. The van der Waals surface area contributed by atoms with Crippen LogP contribution in [-0.2, 0) is 9.84 Å². The van der Waals surface area contributed by atoms with Crippen LogP contribution in [0.2, 0.25) is 0 Å². The van der Waals surface area contributed by atoms with E-state index in [4.69, 9.17) is 4.74 Å². The number of aromatic amines is 1. The summed E-state index contributed by atoms with van der Waals surface area (Å²) < 4.78 is 32.6. The van der Waals surface area contributed by atoms with E-state index < -0.39 is 15.1 Å². The first-order chi connectivity index (χ1) is 13.5. The van der Waals surface area contributed by atoms with Crippen LogP contribution in [0.25, 0.3) is 11.0 Å². The Labute approximate surface area is 163 Å². The lowest BCUT2D eigenvalue weighted by Crippen LogP contribution is -2.15. The zero-order valence-electron chi connectivity index (χ0n) is 15.6. The fraction of sp³-hybridized carbons (Fsp3) is 0.136. The second kappa shape index (κ2) is 7.13. The number of rotatable bonds is 5.